The van der Waals surface area contributed by atoms with E-state index in [0.29, 0.717) is 16.9 Å². The molecule has 8 heteroatoms. The number of hydrogen-bond donors (Lipinski definition) is 3. The van der Waals surface area contributed by atoms with Gasteiger partial charge in [-0.15, -0.1) is 0 Å². The molecule has 0 radical (unpaired) electrons. The third-order valence-corrected chi connectivity index (χ3v) is 3.45. The summed E-state index contributed by atoms with van der Waals surface area (Å²) < 4.78 is 6.74. The molecule has 108 valence electrons. The fraction of sp³-hybridized carbons (Fsp3) is 0.500. The number of aliphatic hydroxyl groups is 2. The Labute approximate surface area is 114 Å². The van der Waals surface area contributed by atoms with Gasteiger partial charge in [0, 0.05) is 6.20 Å². The first kappa shape index (κ1) is 13.1. The van der Waals surface area contributed by atoms with Crippen LogP contribution in [0.15, 0.2) is 12.5 Å². The van der Waals surface area contributed by atoms with Gasteiger partial charge >= 0.3 is 0 Å². The van der Waals surface area contributed by atoms with Gasteiger partial charge in [0.2, 0.25) is 0 Å². The van der Waals surface area contributed by atoms with Crippen molar-refractivity contribution in [1.29, 1.82) is 0 Å². The van der Waals surface area contributed by atoms with Gasteiger partial charge in [0.05, 0.1) is 11.5 Å². The smallest absolute Gasteiger partial charge is 0.253 e. The Morgan fingerprint density at radius 1 is 1.35 bits per heavy atom. The summed E-state index contributed by atoms with van der Waals surface area (Å²) in [5.41, 5.74) is 7.14. The second-order valence-electron chi connectivity index (χ2n) is 4.89. The van der Waals surface area contributed by atoms with Crippen LogP contribution in [0.5, 0.6) is 0 Å². The Morgan fingerprint density at radius 2 is 2.10 bits per heavy atom. The first-order valence-corrected chi connectivity index (χ1v) is 6.26. The van der Waals surface area contributed by atoms with Crippen molar-refractivity contribution in [3.63, 3.8) is 0 Å². The lowest BCUT2D eigenvalue weighted by Crippen LogP contribution is -2.37. The average molecular weight is 280 g/mol. The van der Waals surface area contributed by atoms with Crippen LogP contribution >= 0.6 is 0 Å². The van der Waals surface area contributed by atoms with E-state index in [1.807, 2.05) is 6.92 Å². The predicted octanol–water partition coefficient (Wildman–Crippen LogP) is -0.783. The van der Waals surface area contributed by atoms with E-state index in [4.69, 9.17) is 15.3 Å². The number of hydrogen-bond acceptors (Lipinski definition) is 7. The highest BCUT2D eigenvalue weighted by atomic mass is 16.8. The second kappa shape index (κ2) is 4.58. The number of fused-ring (bicyclic) bond motifs is 1. The van der Waals surface area contributed by atoms with E-state index in [1.165, 1.54) is 11.1 Å². The molecule has 4 atom stereocenters. The summed E-state index contributed by atoms with van der Waals surface area (Å²) in [5, 5.41) is 20.2. The summed E-state index contributed by atoms with van der Waals surface area (Å²) in [6.07, 6.45) is -0.560. The van der Waals surface area contributed by atoms with Crippen molar-refractivity contribution < 1.29 is 19.8 Å². The van der Waals surface area contributed by atoms with Crippen LogP contribution in [0.25, 0.3) is 11.0 Å². The summed E-state index contributed by atoms with van der Waals surface area (Å²) in [6, 6.07) is 0. The molecular weight excluding hydrogens is 264 g/mol. The second-order valence-corrected chi connectivity index (χ2v) is 4.89. The molecule has 3 heterocycles. The maximum atomic E-state index is 9.85. The van der Waals surface area contributed by atoms with E-state index < -0.39 is 24.6 Å². The summed E-state index contributed by atoms with van der Waals surface area (Å²) in [6.45, 7) is 3.52. The molecular formula is C12H16N4O4. The number of nitrogen functional groups attached to an aromatic ring is 1. The maximum Gasteiger partial charge on any atom is 0.253 e. The minimum Gasteiger partial charge on any atom is -0.387 e. The molecule has 0 saturated carbocycles. The van der Waals surface area contributed by atoms with Crippen molar-refractivity contribution in [1.82, 2.24) is 14.7 Å². The lowest BCUT2D eigenvalue weighted by molar-refractivity contribution is -0.162. The maximum absolute atomic E-state index is 9.85. The fourth-order valence-electron chi connectivity index (χ4n) is 2.33. The van der Waals surface area contributed by atoms with Crippen molar-refractivity contribution >= 4 is 16.9 Å². The number of nitrogens with zero attached hydrogens (tertiary/aromatic N) is 3. The van der Waals surface area contributed by atoms with E-state index in [1.54, 1.807) is 13.1 Å². The Bertz CT molecular complexity index is 644. The van der Waals surface area contributed by atoms with Crippen molar-refractivity contribution in [3.8, 4) is 0 Å². The standard InChI is InChI=1S/C12H16N4O4/c1-5-3-16(11-7(5)10(13)14-4-15-11)20-12-9(18)8(17)6(2)19-12/h3-4,6,8-9,12,17-18H,1-2H3,(H2,13,14,15)/t6-,8-,9-,12+/m1/s1. The Hall–Kier alpha value is -1.90. The Kier molecular flexibility index (Phi) is 3.00. The van der Waals surface area contributed by atoms with E-state index in [2.05, 4.69) is 9.97 Å². The summed E-state index contributed by atoms with van der Waals surface area (Å²) >= 11 is 0. The van der Waals surface area contributed by atoms with E-state index in [-0.39, 0.29) is 0 Å². The van der Waals surface area contributed by atoms with Gasteiger partial charge in [-0.3, -0.25) is 0 Å². The zero-order valence-corrected chi connectivity index (χ0v) is 11.1. The van der Waals surface area contributed by atoms with Crippen LogP contribution in [0, 0.1) is 6.92 Å². The first-order chi connectivity index (χ1) is 9.49. The number of ether oxygens (including phenoxy) is 1. The molecule has 0 unspecified atom stereocenters. The summed E-state index contributed by atoms with van der Waals surface area (Å²) in [4.78, 5) is 13.6. The van der Waals surface area contributed by atoms with Gasteiger partial charge in [-0.25, -0.2) is 9.97 Å². The van der Waals surface area contributed by atoms with Gasteiger partial charge in [0.15, 0.2) is 5.65 Å². The minimum atomic E-state index is -1.12. The minimum absolute atomic E-state index is 0.358. The normalized spacial score (nSPS) is 30.0. The SMILES string of the molecule is Cc1cn(O[C@@H]2O[C@H](C)[C@@H](O)[C@H]2O)c2ncnc(N)c12. The monoisotopic (exact) mass is 280 g/mol. The molecule has 1 saturated heterocycles. The number of aromatic nitrogens is 3. The van der Waals surface area contributed by atoms with E-state index >= 15 is 0 Å². The molecule has 20 heavy (non-hydrogen) atoms. The third-order valence-electron chi connectivity index (χ3n) is 3.45. The zero-order chi connectivity index (χ0) is 14.4. The topological polar surface area (TPSA) is 116 Å². The van der Waals surface area contributed by atoms with Crippen LogP contribution in [0.1, 0.15) is 12.5 Å². The van der Waals surface area contributed by atoms with Gasteiger partial charge < -0.3 is 25.5 Å². The number of aryl methyl sites for hydroxylation is 1. The van der Waals surface area contributed by atoms with Crippen LogP contribution in [0.4, 0.5) is 5.82 Å². The van der Waals surface area contributed by atoms with Crippen molar-refractivity contribution in [2.45, 2.75) is 38.4 Å². The van der Waals surface area contributed by atoms with Gasteiger partial charge in [0.1, 0.15) is 24.4 Å². The highest BCUT2D eigenvalue weighted by Crippen LogP contribution is 2.25. The zero-order valence-electron chi connectivity index (χ0n) is 11.1. The highest BCUT2D eigenvalue weighted by molar-refractivity contribution is 5.89. The van der Waals surface area contributed by atoms with E-state index in [9.17, 15) is 10.2 Å². The number of anilines is 1. The molecule has 1 aliphatic rings. The van der Waals surface area contributed by atoms with Crippen molar-refractivity contribution in [2.75, 3.05) is 5.73 Å². The van der Waals surface area contributed by atoms with Gasteiger partial charge in [0.25, 0.3) is 6.29 Å². The quantitative estimate of drug-likeness (QED) is 0.660. The van der Waals surface area contributed by atoms with Gasteiger partial charge in [-0.2, -0.15) is 4.73 Å². The van der Waals surface area contributed by atoms with Gasteiger partial charge in [-0.1, -0.05) is 0 Å². The number of nitrogens with two attached hydrogens (primary N) is 1. The largest absolute Gasteiger partial charge is 0.387 e. The summed E-state index contributed by atoms with van der Waals surface area (Å²) in [7, 11) is 0. The lowest BCUT2D eigenvalue weighted by atomic mass is 10.2. The molecule has 1 aliphatic heterocycles. The molecule has 8 nitrogen and oxygen atoms in total. The van der Waals surface area contributed by atoms with E-state index in [0.717, 1.165) is 5.56 Å². The first-order valence-electron chi connectivity index (χ1n) is 6.26. The van der Waals surface area contributed by atoms with Crippen LogP contribution in [0.2, 0.25) is 0 Å². The molecule has 4 N–H and O–H groups in total. The summed E-state index contributed by atoms with van der Waals surface area (Å²) in [5.74, 6) is 0.358. The fourth-order valence-corrected chi connectivity index (χ4v) is 2.33. The molecule has 2 aromatic heterocycles. The lowest BCUT2D eigenvalue weighted by Gasteiger charge is -2.17. The molecule has 2 aromatic rings. The number of rotatable bonds is 2. The Morgan fingerprint density at radius 3 is 2.75 bits per heavy atom. The third kappa shape index (κ3) is 1.89. The van der Waals surface area contributed by atoms with Crippen LogP contribution < -0.4 is 10.6 Å². The molecule has 0 spiro atoms. The molecule has 0 aromatic carbocycles. The molecule has 3 rings (SSSR count). The molecule has 0 bridgehead atoms. The molecule has 0 aliphatic carbocycles. The Balaban J connectivity index is 1.94. The highest BCUT2D eigenvalue weighted by Gasteiger charge is 2.42. The van der Waals surface area contributed by atoms with Crippen LogP contribution in [0.3, 0.4) is 0 Å². The van der Waals surface area contributed by atoms with Crippen molar-refractivity contribution in [2.24, 2.45) is 0 Å². The molecule has 1 fully saturated rings. The number of aliphatic hydroxyl groups excluding tert-OH is 2. The van der Waals surface area contributed by atoms with Crippen LogP contribution in [-0.2, 0) is 4.74 Å². The molecule has 0 amide bonds. The van der Waals surface area contributed by atoms with Crippen molar-refractivity contribution in [3.05, 3.63) is 18.1 Å². The average Bonchev–Trinajstić information content (AvgIpc) is 2.85. The van der Waals surface area contributed by atoms with Crippen LogP contribution in [-0.4, -0.2) is 49.5 Å². The van der Waals surface area contributed by atoms with Gasteiger partial charge in [-0.05, 0) is 19.4 Å². The predicted molar refractivity (Wildman–Crippen MR) is 69.6 cm³/mol.